The SMILES string of the molecule is C=C1CCCC(OC)(C(=O)O)C1. The fourth-order valence-electron chi connectivity index (χ4n) is 1.65. The Balaban J connectivity index is 2.78. The third-order valence-corrected chi connectivity index (χ3v) is 2.43. The fraction of sp³-hybridized carbons (Fsp3) is 0.667. The Kier molecular flexibility index (Phi) is 2.52. The lowest BCUT2D eigenvalue weighted by atomic mass is 9.82. The van der Waals surface area contributed by atoms with E-state index in [1.54, 1.807) is 0 Å². The molecule has 0 saturated heterocycles. The van der Waals surface area contributed by atoms with Crippen LogP contribution in [0.5, 0.6) is 0 Å². The number of carboxylic acids is 1. The molecule has 1 rings (SSSR count). The van der Waals surface area contributed by atoms with Gasteiger partial charge in [-0.05, 0) is 19.3 Å². The smallest absolute Gasteiger partial charge is 0.336 e. The molecule has 1 unspecified atom stereocenters. The summed E-state index contributed by atoms with van der Waals surface area (Å²) in [7, 11) is 1.45. The Morgan fingerprint density at radius 2 is 2.42 bits per heavy atom. The average molecular weight is 170 g/mol. The molecule has 3 heteroatoms. The number of methoxy groups -OCH3 is 1. The molecule has 0 aromatic carbocycles. The first-order chi connectivity index (χ1) is 5.60. The molecule has 1 saturated carbocycles. The van der Waals surface area contributed by atoms with Crippen LogP contribution in [-0.4, -0.2) is 23.8 Å². The monoisotopic (exact) mass is 170 g/mol. The molecule has 12 heavy (non-hydrogen) atoms. The van der Waals surface area contributed by atoms with Gasteiger partial charge in [-0.1, -0.05) is 12.2 Å². The maximum atomic E-state index is 10.9. The van der Waals surface area contributed by atoms with Crippen molar-refractivity contribution in [3.05, 3.63) is 12.2 Å². The van der Waals surface area contributed by atoms with Gasteiger partial charge in [0.15, 0.2) is 5.60 Å². The van der Waals surface area contributed by atoms with Crippen molar-refractivity contribution in [1.29, 1.82) is 0 Å². The summed E-state index contributed by atoms with van der Waals surface area (Å²) in [6.07, 6.45) is 2.84. The third-order valence-electron chi connectivity index (χ3n) is 2.43. The van der Waals surface area contributed by atoms with Crippen molar-refractivity contribution >= 4 is 5.97 Å². The number of hydrogen-bond acceptors (Lipinski definition) is 2. The van der Waals surface area contributed by atoms with E-state index in [-0.39, 0.29) is 0 Å². The van der Waals surface area contributed by atoms with Gasteiger partial charge in [0.05, 0.1) is 0 Å². The van der Waals surface area contributed by atoms with Crippen LogP contribution in [0.2, 0.25) is 0 Å². The molecule has 1 fully saturated rings. The van der Waals surface area contributed by atoms with Crippen LogP contribution in [-0.2, 0) is 9.53 Å². The van der Waals surface area contributed by atoms with E-state index in [0.29, 0.717) is 12.8 Å². The predicted molar refractivity (Wildman–Crippen MR) is 45.0 cm³/mol. The Hall–Kier alpha value is -0.830. The second-order valence-electron chi connectivity index (χ2n) is 3.28. The number of carboxylic acid groups (broad SMARTS) is 1. The van der Waals surface area contributed by atoms with E-state index in [1.807, 2.05) is 0 Å². The lowest BCUT2D eigenvalue weighted by Gasteiger charge is -2.32. The van der Waals surface area contributed by atoms with Gasteiger partial charge >= 0.3 is 5.97 Å². The summed E-state index contributed by atoms with van der Waals surface area (Å²) >= 11 is 0. The maximum Gasteiger partial charge on any atom is 0.336 e. The number of aliphatic carboxylic acids is 1. The van der Waals surface area contributed by atoms with Crippen molar-refractivity contribution in [2.75, 3.05) is 7.11 Å². The number of carbonyl (C=O) groups is 1. The van der Waals surface area contributed by atoms with Gasteiger partial charge in [-0.15, -0.1) is 0 Å². The Morgan fingerprint density at radius 3 is 2.75 bits per heavy atom. The molecule has 68 valence electrons. The highest BCUT2D eigenvalue weighted by atomic mass is 16.5. The number of hydrogen-bond donors (Lipinski definition) is 1. The molecule has 0 aromatic heterocycles. The molecule has 1 aliphatic carbocycles. The first kappa shape index (κ1) is 9.26. The summed E-state index contributed by atoms with van der Waals surface area (Å²) in [6.45, 7) is 3.80. The molecule has 0 heterocycles. The van der Waals surface area contributed by atoms with Crippen molar-refractivity contribution in [2.45, 2.75) is 31.3 Å². The molecule has 0 aromatic rings. The highest BCUT2D eigenvalue weighted by molar-refractivity contribution is 5.78. The van der Waals surface area contributed by atoms with E-state index >= 15 is 0 Å². The summed E-state index contributed by atoms with van der Waals surface area (Å²) < 4.78 is 5.05. The van der Waals surface area contributed by atoms with Gasteiger partial charge in [0.25, 0.3) is 0 Å². The minimum absolute atomic E-state index is 0.457. The first-order valence-electron chi connectivity index (χ1n) is 4.06. The van der Waals surface area contributed by atoms with Gasteiger partial charge in [-0.25, -0.2) is 4.79 Å². The van der Waals surface area contributed by atoms with Crippen molar-refractivity contribution in [3.8, 4) is 0 Å². The molecule has 0 bridgehead atoms. The molecular formula is C9H14O3. The molecule has 1 N–H and O–H groups in total. The largest absolute Gasteiger partial charge is 0.479 e. The second-order valence-corrected chi connectivity index (χ2v) is 3.28. The summed E-state index contributed by atoms with van der Waals surface area (Å²) in [5.74, 6) is -0.870. The van der Waals surface area contributed by atoms with E-state index in [0.717, 1.165) is 18.4 Å². The van der Waals surface area contributed by atoms with Gasteiger partial charge in [-0.3, -0.25) is 0 Å². The van der Waals surface area contributed by atoms with Crippen molar-refractivity contribution in [1.82, 2.24) is 0 Å². The molecule has 0 aliphatic heterocycles. The molecule has 0 radical (unpaired) electrons. The molecule has 1 aliphatic rings. The summed E-state index contributed by atoms with van der Waals surface area (Å²) in [5.41, 5.74) is -0.0134. The minimum atomic E-state index is -0.991. The quantitative estimate of drug-likeness (QED) is 0.640. The van der Waals surface area contributed by atoms with Gasteiger partial charge in [-0.2, -0.15) is 0 Å². The van der Waals surface area contributed by atoms with Crippen LogP contribution >= 0.6 is 0 Å². The average Bonchev–Trinajstić information content (AvgIpc) is 2.04. The van der Waals surface area contributed by atoms with Crippen LogP contribution in [0, 0.1) is 0 Å². The van der Waals surface area contributed by atoms with Crippen molar-refractivity contribution in [3.63, 3.8) is 0 Å². The highest BCUT2D eigenvalue weighted by Crippen LogP contribution is 2.33. The van der Waals surface area contributed by atoms with E-state index < -0.39 is 11.6 Å². The van der Waals surface area contributed by atoms with E-state index in [9.17, 15) is 4.79 Å². The molecular weight excluding hydrogens is 156 g/mol. The maximum absolute atomic E-state index is 10.9. The van der Waals surface area contributed by atoms with Crippen LogP contribution in [0.1, 0.15) is 25.7 Å². The van der Waals surface area contributed by atoms with Crippen LogP contribution in [0.3, 0.4) is 0 Å². The molecule has 0 amide bonds. The molecule has 1 atom stereocenters. The van der Waals surface area contributed by atoms with Crippen LogP contribution in [0.25, 0.3) is 0 Å². The van der Waals surface area contributed by atoms with Gasteiger partial charge in [0.2, 0.25) is 0 Å². The van der Waals surface area contributed by atoms with Gasteiger partial charge in [0.1, 0.15) is 0 Å². The fourth-order valence-corrected chi connectivity index (χ4v) is 1.65. The Labute approximate surface area is 72.0 Å². The van der Waals surface area contributed by atoms with Gasteiger partial charge in [0, 0.05) is 13.5 Å². The zero-order chi connectivity index (χ0) is 9.19. The normalized spacial score (nSPS) is 30.2. The summed E-state index contributed by atoms with van der Waals surface area (Å²) in [6, 6.07) is 0. The van der Waals surface area contributed by atoms with Crippen LogP contribution < -0.4 is 0 Å². The number of ether oxygens (including phenoxy) is 1. The predicted octanol–water partition coefficient (Wildman–Crippen LogP) is 1.59. The molecule has 3 nitrogen and oxygen atoms in total. The summed E-state index contributed by atoms with van der Waals surface area (Å²) in [5, 5.41) is 8.94. The summed E-state index contributed by atoms with van der Waals surface area (Å²) in [4.78, 5) is 10.9. The lowest BCUT2D eigenvalue weighted by molar-refractivity contribution is -0.164. The van der Waals surface area contributed by atoms with Gasteiger partial charge < -0.3 is 9.84 Å². The molecule has 0 spiro atoms. The van der Waals surface area contributed by atoms with E-state index in [4.69, 9.17) is 9.84 Å². The van der Waals surface area contributed by atoms with Crippen LogP contribution in [0.15, 0.2) is 12.2 Å². The van der Waals surface area contributed by atoms with Crippen molar-refractivity contribution in [2.24, 2.45) is 0 Å². The Bertz CT molecular complexity index is 210. The number of rotatable bonds is 2. The van der Waals surface area contributed by atoms with E-state index in [2.05, 4.69) is 6.58 Å². The Morgan fingerprint density at radius 1 is 1.75 bits per heavy atom. The zero-order valence-electron chi connectivity index (χ0n) is 7.30. The first-order valence-corrected chi connectivity index (χ1v) is 4.06. The van der Waals surface area contributed by atoms with E-state index in [1.165, 1.54) is 7.11 Å². The zero-order valence-corrected chi connectivity index (χ0v) is 7.30. The van der Waals surface area contributed by atoms with Crippen LogP contribution in [0.4, 0.5) is 0 Å². The highest BCUT2D eigenvalue weighted by Gasteiger charge is 2.40. The minimum Gasteiger partial charge on any atom is -0.479 e. The lowest BCUT2D eigenvalue weighted by Crippen LogP contribution is -2.42. The topological polar surface area (TPSA) is 46.5 Å². The van der Waals surface area contributed by atoms with Crippen molar-refractivity contribution < 1.29 is 14.6 Å². The standard InChI is InChI=1S/C9H14O3/c1-7-4-3-5-9(6-7,12-2)8(10)11/h1,3-6H2,2H3,(H,10,11). The second kappa shape index (κ2) is 3.27. The third kappa shape index (κ3) is 1.50.